The number of anilines is 1. The Morgan fingerprint density at radius 1 is 1.21 bits per heavy atom. The van der Waals surface area contributed by atoms with Gasteiger partial charge in [0.05, 0.1) is 23.4 Å². The molecule has 24 heavy (non-hydrogen) atoms. The van der Waals surface area contributed by atoms with Gasteiger partial charge in [0.25, 0.3) is 5.91 Å². The lowest BCUT2D eigenvalue weighted by molar-refractivity contribution is -0.136. The summed E-state index contributed by atoms with van der Waals surface area (Å²) in [5.41, 5.74) is -1.03. The second kappa shape index (κ2) is 7.70. The van der Waals surface area contributed by atoms with Crippen molar-refractivity contribution in [3.05, 3.63) is 58.1 Å². The lowest BCUT2D eigenvalue weighted by Gasteiger charge is -2.15. The number of nitrogens with one attached hydrogen (secondary N) is 1. The van der Waals surface area contributed by atoms with Crippen molar-refractivity contribution in [1.82, 2.24) is 0 Å². The largest absolute Gasteiger partial charge is 0.493 e. The first-order valence-corrected chi connectivity index (χ1v) is 8.02. The number of rotatable bonds is 5. The van der Waals surface area contributed by atoms with Gasteiger partial charge in [0.1, 0.15) is 5.75 Å². The summed E-state index contributed by atoms with van der Waals surface area (Å²) in [5, 5.41) is 2.32. The Hall–Kier alpha value is -2.02. The fourth-order valence-corrected chi connectivity index (χ4v) is 2.41. The lowest BCUT2D eigenvalue weighted by atomic mass is 10.1. The van der Waals surface area contributed by atoms with Crippen LogP contribution in [0.1, 0.15) is 29.3 Å². The van der Waals surface area contributed by atoms with Crippen molar-refractivity contribution in [2.75, 3.05) is 11.9 Å². The molecule has 0 unspecified atom stereocenters. The lowest BCUT2D eigenvalue weighted by Crippen LogP contribution is -2.17. The van der Waals surface area contributed by atoms with Gasteiger partial charge in [-0.25, -0.2) is 0 Å². The first-order valence-electron chi connectivity index (χ1n) is 7.23. The molecule has 0 heterocycles. The zero-order valence-corrected chi connectivity index (χ0v) is 14.4. The van der Waals surface area contributed by atoms with Crippen LogP contribution in [0, 0.1) is 0 Å². The zero-order chi connectivity index (χ0) is 17.7. The summed E-state index contributed by atoms with van der Waals surface area (Å²) >= 11 is 3.25. The van der Waals surface area contributed by atoms with Crippen LogP contribution in [0.4, 0.5) is 18.9 Å². The molecule has 3 nitrogen and oxygen atoms in total. The highest BCUT2D eigenvalue weighted by Crippen LogP contribution is 2.35. The molecule has 0 fully saturated rings. The molecule has 7 heteroatoms. The molecule has 0 saturated heterocycles. The van der Waals surface area contributed by atoms with Gasteiger partial charge in [0.15, 0.2) is 0 Å². The van der Waals surface area contributed by atoms with Crippen LogP contribution < -0.4 is 10.1 Å². The molecule has 2 rings (SSSR count). The number of hydrogen-bond donors (Lipinski definition) is 1. The number of alkyl halides is 3. The van der Waals surface area contributed by atoms with E-state index in [1.54, 1.807) is 12.1 Å². The van der Waals surface area contributed by atoms with E-state index in [1.807, 2.05) is 6.92 Å². The summed E-state index contributed by atoms with van der Waals surface area (Å²) < 4.78 is 45.2. The van der Waals surface area contributed by atoms with Crippen molar-refractivity contribution >= 4 is 27.5 Å². The average molecular weight is 402 g/mol. The summed E-state index contributed by atoms with van der Waals surface area (Å²) in [6.07, 6.45) is -3.81. The molecule has 1 amide bonds. The van der Waals surface area contributed by atoms with Crippen LogP contribution in [0.15, 0.2) is 46.9 Å². The second-order valence-electron chi connectivity index (χ2n) is 4.99. The van der Waals surface area contributed by atoms with Crippen LogP contribution in [-0.2, 0) is 6.18 Å². The van der Waals surface area contributed by atoms with Crippen LogP contribution in [-0.4, -0.2) is 12.5 Å². The van der Waals surface area contributed by atoms with Crippen molar-refractivity contribution in [2.24, 2.45) is 0 Å². The van der Waals surface area contributed by atoms with E-state index in [9.17, 15) is 18.0 Å². The van der Waals surface area contributed by atoms with E-state index in [2.05, 4.69) is 21.2 Å². The fourth-order valence-electron chi connectivity index (χ4n) is 2.05. The Morgan fingerprint density at radius 3 is 2.58 bits per heavy atom. The Kier molecular flexibility index (Phi) is 5.88. The molecule has 2 aromatic carbocycles. The van der Waals surface area contributed by atoms with Gasteiger partial charge in [-0.05, 0) is 36.8 Å². The molecule has 0 aliphatic carbocycles. The summed E-state index contributed by atoms with van der Waals surface area (Å²) in [5.74, 6) is -0.346. The van der Waals surface area contributed by atoms with Crippen LogP contribution in [0.25, 0.3) is 0 Å². The van der Waals surface area contributed by atoms with Gasteiger partial charge in [-0.3, -0.25) is 4.79 Å². The number of halogens is 4. The molecular formula is C17H15BrF3NO2. The zero-order valence-electron chi connectivity index (χ0n) is 12.8. The topological polar surface area (TPSA) is 38.3 Å². The highest BCUT2D eigenvalue weighted by molar-refractivity contribution is 9.10. The summed E-state index contributed by atoms with van der Waals surface area (Å²) in [6, 6.07) is 9.65. The van der Waals surface area contributed by atoms with E-state index in [-0.39, 0.29) is 11.3 Å². The number of para-hydroxylation sites is 1. The third kappa shape index (κ3) is 4.50. The van der Waals surface area contributed by atoms with Crippen molar-refractivity contribution in [3.63, 3.8) is 0 Å². The van der Waals surface area contributed by atoms with Gasteiger partial charge < -0.3 is 10.1 Å². The highest BCUT2D eigenvalue weighted by atomic mass is 79.9. The average Bonchev–Trinajstić information content (AvgIpc) is 2.53. The van der Waals surface area contributed by atoms with Gasteiger partial charge in [0.2, 0.25) is 0 Å². The Bertz CT molecular complexity index is 732. The van der Waals surface area contributed by atoms with E-state index >= 15 is 0 Å². The SMILES string of the molecule is CCCOc1ccc(Br)cc1C(=O)Nc1ccccc1C(F)(F)F. The molecule has 128 valence electrons. The van der Waals surface area contributed by atoms with Crippen molar-refractivity contribution in [2.45, 2.75) is 19.5 Å². The van der Waals surface area contributed by atoms with Crippen LogP contribution in [0.5, 0.6) is 5.75 Å². The number of amides is 1. The minimum Gasteiger partial charge on any atom is -0.493 e. The first-order chi connectivity index (χ1) is 11.3. The maximum atomic E-state index is 13.0. The molecular weight excluding hydrogens is 387 g/mol. The Labute approximate surface area is 146 Å². The monoisotopic (exact) mass is 401 g/mol. The molecule has 0 bridgehead atoms. The minimum absolute atomic E-state index is 0.162. The van der Waals surface area contributed by atoms with Gasteiger partial charge >= 0.3 is 6.18 Å². The normalized spacial score (nSPS) is 11.2. The van der Waals surface area contributed by atoms with Gasteiger partial charge in [-0.2, -0.15) is 13.2 Å². The molecule has 0 aromatic heterocycles. The van der Waals surface area contributed by atoms with E-state index in [1.165, 1.54) is 24.3 Å². The Balaban J connectivity index is 2.33. The van der Waals surface area contributed by atoms with E-state index in [0.29, 0.717) is 16.8 Å². The van der Waals surface area contributed by atoms with Crippen LogP contribution >= 0.6 is 15.9 Å². The van der Waals surface area contributed by atoms with Crippen molar-refractivity contribution < 1.29 is 22.7 Å². The summed E-state index contributed by atoms with van der Waals surface area (Å²) in [6.45, 7) is 2.32. The summed E-state index contributed by atoms with van der Waals surface area (Å²) in [4.78, 5) is 12.5. The number of carbonyl (C=O) groups is 1. The number of hydrogen-bond acceptors (Lipinski definition) is 2. The molecule has 1 N–H and O–H groups in total. The van der Waals surface area contributed by atoms with E-state index in [4.69, 9.17) is 4.74 Å². The van der Waals surface area contributed by atoms with Gasteiger partial charge in [-0.1, -0.05) is 35.0 Å². The van der Waals surface area contributed by atoms with Gasteiger partial charge in [-0.15, -0.1) is 0 Å². The molecule has 2 aromatic rings. The van der Waals surface area contributed by atoms with Crippen molar-refractivity contribution in [3.8, 4) is 5.75 Å². The quantitative estimate of drug-likeness (QED) is 0.717. The second-order valence-corrected chi connectivity index (χ2v) is 5.90. The number of benzene rings is 2. The number of ether oxygens (including phenoxy) is 1. The van der Waals surface area contributed by atoms with E-state index < -0.39 is 17.6 Å². The molecule has 0 atom stereocenters. The van der Waals surface area contributed by atoms with Gasteiger partial charge in [0, 0.05) is 4.47 Å². The first kappa shape index (κ1) is 18.3. The third-order valence-electron chi connectivity index (χ3n) is 3.13. The predicted molar refractivity (Wildman–Crippen MR) is 89.3 cm³/mol. The molecule has 0 spiro atoms. The molecule has 0 aliphatic rings. The van der Waals surface area contributed by atoms with Crippen LogP contribution in [0.3, 0.4) is 0 Å². The maximum Gasteiger partial charge on any atom is 0.418 e. The minimum atomic E-state index is -4.55. The molecule has 0 saturated carbocycles. The summed E-state index contributed by atoms with van der Waals surface area (Å²) in [7, 11) is 0. The number of carbonyl (C=O) groups excluding carboxylic acids is 1. The smallest absolute Gasteiger partial charge is 0.418 e. The maximum absolute atomic E-state index is 13.0. The van der Waals surface area contributed by atoms with E-state index in [0.717, 1.165) is 12.5 Å². The Morgan fingerprint density at radius 2 is 1.92 bits per heavy atom. The van der Waals surface area contributed by atoms with Crippen LogP contribution in [0.2, 0.25) is 0 Å². The molecule has 0 radical (unpaired) electrons. The molecule has 0 aliphatic heterocycles. The highest BCUT2D eigenvalue weighted by Gasteiger charge is 2.33. The standard InChI is InChI=1S/C17H15BrF3NO2/c1-2-9-24-15-8-7-11(18)10-12(15)16(23)22-14-6-4-3-5-13(14)17(19,20)21/h3-8,10H,2,9H2,1H3,(H,22,23). The van der Waals surface area contributed by atoms with Crippen molar-refractivity contribution in [1.29, 1.82) is 0 Å². The third-order valence-corrected chi connectivity index (χ3v) is 3.62. The fraction of sp³-hybridized carbons (Fsp3) is 0.235. The predicted octanol–water partition coefficient (Wildman–Crippen LogP) is 5.51.